The maximum Gasteiger partial charge on any atom is 0.253 e. The van der Waals surface area contributed by atoms with Crippen LogP contribution in [-0.4, -0.2) is 41.9 Å². The number of fused-ring (bicyclic) bond motifs is 1. The number of likely N-dealkylation sites (tertiary alicyclic amines) is 1. The number of carbonyl (C=O) groups is 2. The number of ether oxygens (including phenoxy) is 1. The molecule has 1 aliphatic heterocycles. The number of rotatable bonds is 7. The Bertz CT molecular complexity index is 1140. The number of amides is 2. The zero-order valence-corrected chi connectivity index (χ0v) is 18.9. The summed E-state index contributed by atoms with van der Waals surface area (Å²) in [5, 5.41) is 3.00. The molecule has 5 rings (SSSR count). The third-order valence-electron chi connectivity index (χ3n) is 6.60. The Morgan fingerprint density at radius 2 is 1.85 bits per heavy atom. The Balaban J connectivity index is 1.10. The first-order valence-electron chi connectivity index (χ1n) is 11.7. The molecule has 172 valence electrons. The Kier molecular flexibility index (Phi) is 6.03. The average molecular weight is 448 g/mol. The van der Waals surface area contributed by atoms with Crippen LogP contribution in [0.15, 0.2) is 46.9 Å². The fraction of sp³-hybridized carbons (Fsp3) is 0.423. The highest BCUT2D eigenvalue weighted by atomic mass is 16.5. The van der Waals surface area contributed by atoms with Crippen molar-refractivity contribution in [3.8, 4) is 5.75 Å². The van der Waals surface area contributed by atoms with Crippen molar-refractivity contribution in [1.29, 1.82) is 0 Å². The van der Waals surface area contributed by atoms with Gasteiger partial charge in [0.15, 0.2) is 11.5 Å². The highest BCUT2D eigenvalue weighted by Gasteiger charge is 2.29. The van der Waals surface area contributed by atoms with E-state index in [9.17, 15) is 9.59 Å². The van der Waals surface area contributed by atoms with Crippen LogP contribution in [0.4, 0.5) is 0 Å². The number of nitrogens with one attached hydrogen (secondary N) is 1. The number of aromatic nitrogens is 1. The van der Waals surface area contributed by atoms with Gasteiger partial charge in [-0.15, -0.1) is 0 Å². The van der Waals surface area contributed by atoms with Gasteiger partial charge < -0.3 is 19.4 Å². The molecule has 33 heavy (non-hydrogen) atoms. The lowest BCUT2D eigenvalue weighted by Crippen LogP contribution is -2.39. The summed E-state index contributed by atoms with van der Waals surface area (Å²) < 4.78 is 11.0. The molecule has 1 saturated carbocycles. The standard InChI is InChI=1S/C26H29N3O4/c1-32-21-7-2-18(3-8-21)16-27-24(30)14-17-10-12-29(13-11-17)26(31)20-6-9-23-22(15-20)28-25(33-23)19-4-5-19/h2-3,6-9,15,17,19H,4-5,10-14,16H2,1H3,(H,27,30). The van der Waals surface area contributed by atoms with Crippen molar-refractivity contribution in [2.45, 2.75) is 44.6 Å². The molecule has 7 nitrogen and oxygen atoms in total. The zero-order valence-electron chi connectivity index (χ0n) is 18.9. The van der Waals surface area contributed by atoms with Gasteiger partial charge in [-0.25, -0.2) is 4.98 Å². The number of oxazole rings is 1. The van der Waals surface area contributed by atoms with Crippen molar-refractivity contribution >= 4 is 22.9 Å². The fourth-order valence-electron chi connectivity index (χ4n) is 4.38. The highest BCUT2D eigenvalue weighted by Crippen LogP contribution is 2.40. The maximum absolute atomic E-state index is 13.0. The van der Waals surface area contributed by atoms with E-state index in [0.717, 1.165) is 54.0 Å². The van der Waals surface area contributed by atoms with E-state index in [1.165, 1.54) is 0 Å². The van der Waals surface area contributed by atoms with Crippen molar-refractivity contribution in [3.05, 3.63) is 59.5 Å². The minimum Gasteiger partial charge on any atom is -0.497 e. The van der Waals surface area contributed by atoms with Gasteiger partial charge in [0, 0.05) is 37.5 Å². The van der Waals surface area contributed by atoms with E-state index in [2.05, 4.69) is 10.3 Å². The summed E-state index contributed by atoms with van der Waals surface area (Å²) in [5.41, 5.74) is 3.19. The van der Waals surface area contributed by atoms with E-state index in [4.69, 9.17) is 9.15 Å². The number of hydrogen-bond acceptors (Lipinski definition) is 5. The van der Waals surface area contributed by atoms with E-state index in [1.807, 2.05) is 47.4 Å². The van der Waals surface area contributed by atoms with Gasteiger partial charge in [-0.2, -0.15) is 0 Å². The fourth-order valence-corrected chi connectivity index (χ4v) is 4.38. The largest absolute Gasteiger partial charge is 0.497 e. The van der Waals surface area contributed by atoms with Crippen molar-refractivity contribution in [3.63, 3.8) is 0 Å². The summed E-state index contributed by atoms with van der Waals surface area (Å²) >= 11 is 0. The van der Waals surface area contributed by atoms with Crippen LogP contribution in [0, 0.1) is 5.92 Å². The first-order valence-corrected chi connectivity index (χ1v) is 11.7. The first kappa shape index (κ1) is 21.5. The second kappa shape index (κ2) is 9.25. The Hall–Kier alpha value is -3.35. The SMILES string of the molecule is COc1ccc(CNC(=O)CC2CCN(C(=O)c3ccc4oc(C5CC5)nc4c3)CC2)cc1. The monoisotopic (exact) mass is 447 g/mol. The third kappa shape index (κ3) is 5.02. The minimum absolute atomic E-state index is 0.0234. The molecule has 2 aromatic carbocycles. The first-order chi connectivity index (χ1) is 16.1. The molecule has 1 aromatic heterocycles. The number of benzene rings is 2. The lowest BCUT2D eigenvalue weighted by molar-refractivity contribution is -0.122. The number of carbonyl (C=O) groups excluding carboxylic acids is 2. The average Bonchev–Trinajstić information content (AvgIpc) is 3.61. The van der Waals surface area contributed by atoms with Gasteiger partial charge in [-0.05, 0) is 67.5 Å². The normalized spacial score (nSPS) is 16.7. The molecule has 0 bridgehead atoms. The van der Waals surface area contributed by atoms with Gasteiger partial charge >= 0.3 is 0 Å². The van der Waals surface area contributed by atoms with Gasteiger partial charge in [0.2, 0.25) is 5.91 Å². The molecule has 1 aliphatic carbocycles. The summed E-state index contributed by atoms with van der Waals surface area (Å²) in [7, 11) is 1.63. The van der Waals surface area contributed by atoms with E-state index in [-0.39, 0.29) is 11.8 Å². The number of methoxy groups -OCH3 is 1. The Morgan fingerprint density at radius 3 is 2.55 bits per heavy atom. The van der Waals surface area contributed by atoms with E-state index < -0.39 is 0 Å². The number of hydrogen-bond donors (Lipinski definition) is 1. The smallest absolute Gasteiger partial charge is 0.253 e. The van der Waals surface area contributed by atoms with Crippen LogP contribution in [0.2, 0.25) is 0 Å². The van der Waals surface area contributed by atoms with Gasteiger partial charge in [0.25, 0.3) is 5.91 Å². The second-order valence-electron chi connectivity index (χ2n) is 9.07. The Morgan fingerprint density at radius 1 is 1.09 bits per heavy atom. The summed E-state index contributed by atoms with van der Waals surface area (Å²) in [4.78, 5) is 31.9. The highest BCUT2D eigenvalue weighted by molar-refractivity contribution is 5.97. The molecule has 0 spiro atoms. The molecule has 7 heteroatoms. The molecule has 0 radical (unpaired) electrons. The van der Waals surface area contributed by atoms with Crippen LogP contribution in [0.1, 0.15) is 59.8 Å². The topological polar surface area (TPSA) is 84.7 Å². The van der Waals surface area contributed by atoms with Gasteiger partial charge in [0.05, 0.1) is 7.11 Å². The minimum atomic E-state index is 0.0234. The zero-order chi connectivity index (χ0) is 22.8. The van der Waals surface area contributed by atoms with Crippen LogP contribution in [0.25, 0.3) is 11.1 Å². The molecule has 0 atom stereocenters. The molecule has 2 aliphatic rings. The van der Waals surface area contributed by atoms with Gasteiger partial charge in [0.1, 0.15) is 11.3 Å². The molecule has 2 fully saturated rings. The molecule has 1 saturated heterocycles. The molecule has 2 heterocycles. The molecular weight excluding hydrogens is 418 g/mol. The van der Waals surface area contributed by atoms with Crippen molar-refractivity contribution in [2.75, 3.05) is 20.2 Å². The van der Waals surface area contributed by atoms with Gasteiger partial charge in [-0.3, -0.25) is 9.59 Å². The molecular formula is C26H29N3O4. The quantitative estimate of drug-likeness (QED) is 0.585. The van der Waals surface area contributed by atoms with Crippen LogP contribution >= 0.6 is 0 Å². The molecule has 2 amide bonds. The summed E-state index contributed by atoms with van der Waals surface area (Å²) in [6, 6.07) is 13.2. The van der Waals surface area contributed by atoms with E-state index in [0.29, 0.717) is 43.5 Å². The summed E-state index contributed by atoms with van der Waals surface area (Å²) in [5.74, 6) is 2.41. The summed E-state index contributed by atoms with van der Waals surface area (Å²) in [6.45, 7) is 1.84. The third-order valence-corrected chi connectivity index (χ3v) is 6.60. The van der Waals surface area contributed by atoms with E-state index >= 15 is 0 Å². The predicted molar refractivity (Wildman–Crippen MR) is 124 cm³/mol. The van der Waals surface area contributed by atoms with Crippen LogP contribution < -0.4 is 10.1 Å². The van der Waals surface area contributed by atoms with Crippen molar-refractivity contribution in [1.82, 2.24) is 15.2 Å². The molecule has 0 unspecified atom stereocenters. The molecule has 3 aromatic rings. The Labute approximate surface area is 193 Å². The second-order valence-corrected chi connectivity index (χ2v) is 9.07. The number of nitrogens with zero attached hydrogens (tertiary/aromatic N) is 2. The number of piperidine rings is 1. The van der Waals surface area contributed by atoms with Crippen molar-refractivity contribution in [2.24, 2.45) is 5.92 Å². The molecule has 1 N–H and O–H groups in total. The predicted octanol–water partition coefficient (Wildman–Crippen LogP) is 4.27. The maximum atomic E-state index is 13.0. The van der Waals surface area contributed by atoms with Gasteiger partial charge in [-0.1, -0.05) is 12.1 Å². The lowest BCUT2D eigenvalue weighted by Gasteiger charge is -2.31. The van der Waals surface area contributed by atoms with E-state index in [1.54, 1.807) is 7.11 Å². The summed E-state index contributed by atoms with van der Waals surface area (Å²) in [6.07, 6.45) is 4.42. The van der Waals surface area contributed by atoms with Crippen LogP contribution in [-0.2, 0) is 11.3 Å². The van der Waals surface area contributed by atoms with Crippen molar-refractivity contribution < 1.29 is 18.7 Å². The van der Waals surface area contributed by atoms with Crippen LogP contribution in [0.3, 0.4) is 0 Å². The lowest BCUT2D eigenvalue weighted by atomic mass is 9.92. The van der Waals surface area contributed by atoms with Crippen LogP contribution in [0.5, 0.6) is 5.75 Å².